The molecule has 0 unspecified atom stereocenters. The van der Waals surface area contributed by atoms with E-state index in [4.69, 9.17) is 16.3 Å². The number of aryl methyl sites for hydroxylation is 1. The molecule has 1 amide bonds. The van der Waals surface area contributed by atoms with Gasteiger partial charge in [-0.3, -0.25) is 4.79 Å². The van der Waals surface area contributed by atoms with Gasteiger partial charge in [-0.1, -0.05) is 23.7 Å². The van der Waals surface area contributed by atoms with E-state index in [9.17, 15) is 4.79 Å². The number of para-hydroxylation sites is 1. The van der Waals surface area contributed by atoms with Gasteiger partial charge in [-0.15, -0.1) is 23.1 Å². The number of thiazole rings is 1. The summed E-state index contributed by atoms with van der Waals surface area (Å²) in [6, 6.07) is 7.14. The zero-order valence-corrected chi connectivity index (χ0v) is 14.9. The molecule has 7 heteroatoms. The molecule has 1 saturated heterocycles. The molecule has 120 valence electrons. The molecule has 2 heterocycles. The predicted octanol–water partition coefficient (Wildman–Crippen LogP) is 4.06. The fourth-order valence-electron chi connectivity index (χ4n) is 2.15. The molecule has 1 fully saturated rings. The monoisotopic (exact) mass is 366 g/mol. The summed E-state index contributed by atoms with van der Waals surface area (Å²) in [5.41, 5.74) is 0.890. The number of amides is 1. The molecule has 0 saturated carbocycles. The Kier molecular flexibility index (Phi) is 5.25. The van der Waals surface area contributed by atoms with E-state index in [1.807, 2.05) is 30.5 Å². The second-order valence-corrected chi connectivity index (χ2v) is 7.47. The number of thioether (sulfide) groups is 1. The van der Waals surface area contributed by atoms with Crippen molar-refractivity contribution in [2.45, 2.75) is 6.92 Å². The molecule has 0 spiro atoms. The Morgan fingerprint density at radius 3 is 3.04 bits per heavy atom. The maximum Gasteiger partial charge on any atom is 0.265 e. The average molecular weight is 367 g/mol. The van der Waals surface area contributed by atoms with Crippen LogP contribution in [0, 0.1) is 6.92 Å². The first kappa shape index (κ1) is 16.4. The second kappa shape index (κ2) is 7.38. The summed E-state index contributed by atoms with van der Waals surface area (Å²) in [5, 5.41) is 4.43. The quantitative estimate of drug-likeness (QED) is 0.818. The van der Waals surface area contributed by atoms with E-state index in [0.29, 0.717) is 17.3 Å². The number of ether oxygens (including phenoxy) is 1. The molecule has 23 heavy (non-hydrogen) atoms. The van der Waals surface area contributed by atoms with Crippen molar-refractivity contribution in [3.05, 3.63) is 50.4 Å². The molecule has 0 atom stereocenters. The van der Waals surface area contributed by atoms with Crippen LogP contribution in [0.1, 0.15) is 10.7 Å². The first-order valence-electron chi connectivity index (χ1n) is 7.08. The van der Waals surface area contributed by atoms with Crippen molar-refractivity contribution in [2.24, 2.45) is 0 Å². The molecule has 4 nitrogen and oxygen atoms in total. The van der Waals surface area contributed by atoms with Crippen LogP contribution in [0.4, 0.5) is 0 Å². The van der Waals surface area contributed by atoms with Crippen molar-refractivity contribution in [2.75, 3.05) is 18.9 Å². The molecule has 1 aliphatic rings. The molecular weight excluding hydrogens is 352 g/mol. The number of nitrogens with zero attached hydrogens (tertiary/aromatic N) is 2. The van der Waals surface area contributed by atoms with Crippen molar-refractivity contribution < 1.29 is 9.53 Å². The smallest absolute Gasteiger partial charge is 0.265 e. The number of rotatable bonds is 4. The summed E-state index contributed by atoms with van der Waals surface area (Å²) in [7, 11) is 0. The molecule has 2 aromatic rings. The molecule has 0 bridgehead atoms. The third-order valence-electron chi connectivity index (χ3n) is 3.23. The third-order valence-corrected chi connectivity index (χ3v) is 5.35. The number of aromatic nitrogens is 1. The van der Waals surface area contributed by atoms with Crippen LogP contribution in [-0.4, -0.2) is 34.7 Å². The summed E-state index contributed by atoms with van der Waals surface area (Å²) in [6.07, 6.45) is 1.95. The van der Waals surface area contributed by atoms with E-state index in [2.05, 4.69) is 4.98 Å². The Labute approximate surface area is 148 Å². The van der Waals surface area contributed by atoms with Crippen LogP contribution in [0.5, 0.6) is 5.75 Å². The van der Waals surface area contributed by atoms with Crippen LogP contribution >= 0.6 is 34.7 Å². The van der Waals surface area contributed by atoms with E-state index in [1.54, 1.807) is 40.1 Å². The molecular formula is C16H15ClN2O2S2. The van der Waals surface area contributed by atoms with Gasteiger partial charge in [0.15, 0.2) is 6.61 Å². The molecule has 0 aliphatic carbocycles. The van der Waals surface area contributed by atoms with Gasteiger partial charge in [0.25, 0.3) is 5.91 Å². The first-order chi connectivity index (χ1) is 11.1. The lowest BCUT2D eigenvalue weighted by molar-refractivity contribution is -0.130. The topological polar surface area (TPSA) is 42.4 Å². The van der Waals surface area contributed by atoms with Gasteiger partial charge in [0.1, 0.15) is 5.75 Å². The van der Waals surface area contributed by atoms with Gasteiger partial charge in [0.05, 0.1) is 20.8 Å². The Balaban J connectivity index is 1.66. The van der Waals surface area contributed by atoms with Crippen LogP contribution in [0.15, 0.2) is 34.7 Å². The van der Waals surface area contributed by atoms with E-state index >= 15 is 0 Å². The van der Waals surface area contributed by atoms with E-state index in [-0.39, 0.29) is 12.5 Å². The van der Waals surface area contributed by atoms with Crippen LogP contribution in [-0.2, 0) is 4.79 Å². The highest BCUT2D eigenvalue weighted by Crippen LogP contribution is 2.30. The standard InChI is InChI=1S/C16H15ClN2O2S2/c1-11-18-12(10-23-11)8-16-19(6-7-22-16)15(20)9-21-14-5-3-2-4-13(14)17/h2-5,8,10H,6-7,9H2,1H3/b16-8+. The van der Waals surface area contributed by atoms with Gasteiger partial charge in [-0.05, 0) is 25.1 Å². The van der Waals surface area contributed by atoms with E-state index < -0.39 is 0 Å². The maximum atomic E-state index is 12.4. The van der Waals surface area contributed by atoms with Crippen LogP contribution in [0.25, 0.3) is 6.08 Å². The predicted molar refractivity (Wildman–Crippen MR) is 95.9 cm³/mol. The van der Waals surface area contributed by atoms with Crippen molar-refractivity contribution in [3.8, 4) is 5.75 Å². The minimum atomic E-state index is -0.0758. The second-order valence-electron chi connectivity index (χ2n) is 4.89. The van der Waals surface area contributed by atoms with Gasteiger partial charge in [0.2, 0.25) is 0 Å². The number of halogens is 1. The minimum Gasteiger partial charge on any atom is -0.482 e. The average Bonchev–Trinajstić information content (AvgIpc) is 3.16. The maximum absolute atomic E-state index is 12.4. The van der Waals surface area contributed by atoms with Crippen molar-refractivity contribution >= 4 is 46.7 Å². The van der Waals surface area contributed by atoms with Gasteiger partial charge in [-0.2, -0.15) is 0 Å². The zero-order chi connectivity index (χ0) is 16.2. The highest BCUT2D eigenvalue weighted by atomic mass is 35.5. The van der Waals surface area contributed by atoms with Gasteiger partial charge in [-0.25, -0.2) is 4.98 Å². The molecule has 0 radical (unpaired) electrons. The molecule has 0 N–H and O–H groups in total. The molecule has 1 aromatic heterocycles. The largest absolute Gasteiger partial charge is 0.482 e. The van der Waals surface area contributed by atoms with Crippen molar-refractivity contribution in [3.63, 3.8) is 0 Å². The number of carbonyl (C=O) groups is 1. The van der Waals surface area contributed by atoms with Crippen LogP contribution < -0.4 is 4.74 Å². The normalized spacial score (nSPS) is 16.1. The van der Waals surface area contributed by atoms with Gasteiger partial charge >= 0.3 is 0 Å². The summed E-state index contributed by atoms with van der Waals surface area (Å²) in [6.45, 7) is 2.62. The van der Waals surface area contributed by atoms with Gasteiger partial charge < -0.3 is 9.64 Å². The Morgan fingerprint density at radius 2 is 2.30 bits per heavy atom. The van der Waals surface area contributed by atoms with Crippen LogP contribution in [0.3, 0.4) is 0 Å². The molecule has 3 rings (SSSR count). The Hall–Kier alpha value is -1.50. The summed E-state index contributed by atoms with van der Waals surface area (Å²) >= 11 is 9.29. The number of benzene rings is 1. The Bertz CT molecular complexity index is 745. The fourth-order valence-corrected chi connectivity index (χ4v) is 3.95. The van der Waals surface area contributed by atoms with E-state index in [1.165, 1.54) is 0 Å². The summed E-state index contributed by atoms with van der Waals surface area (Å²) < 4.78 is 5.54. The van der Waals surface area contributed by atoms with Crippen molar-refractivity contribution in [1.29, 1.82) is 0 Å². The lowest BCUT2D eigenvalue weighted by atomic mass is 10.3. The summed E-state index contributed by atoms with van der Waals surface area (Å²) in [4.78, 5) is 18.6. The van der Waals surface area contributed by atoms with Crippen LogP contribution in [0.2, 0.25) is 5.02 Å². The number of hydrogen-bond donors (Lipinski definition) is 0. The lowest BCUT2D eigenvalue weighted by Crippen LogP contribution is -2.31. The number of carbonyl (C=O) groups excluding carboxylic acids is 1. The molecule has 1 aliphatic heterocycles. The first-order valence-corrected chi connectivity index (χ1v) is 9.32. The van der Waals surface area contributed by atoms with E-state index in [0.717, 1.165) is 21.5 Å². The Morgan fingerprint density at radius 1 is 1.48 bits per heavy atom. The summed E-state index contributed by atoms with van der Waals surface area (Å²) in [5.74, 6) is 1.33. The highest BCUT2D eigenvalue weighted by molar-refractivity contribution is 8.03. The fraction of sp³-hybridized carbons (Fsp3) is 0.250. The van der Waals surface area contributed by atoms with Crippen molar-refractivity contribution in [1.82, 2.24) is 9.88 Å². The third kappa shape index (κ3) is 4.07. The minimum absolute atomic E-state index is 0.0300. The SMILES string of the molecule is Cc1nc(/C=C2/SCCN2C(=O)COc2ccccc2Cl)cs1. The lowest BCUT2D eigenvalue weighted by Gasteiger charge is -2.17. The van der Waals surface area contributed by atoms with Gasteiger partial charge in [0, 0.05) is 17.7 Å². The number of hydrogen-bond acceptors (Lipinski definition) is 5. The molecule has 1 aromatic carbocycles. The highest BCUT2D eigenvalue weighted by Gasteiger charge is 2.24. The zero-order valence-electron chi connectivity index (χ0n) is 12.5.